The molecule has 0 fully saturated rings. The van der Waals surface area contributed by atoms with Crippen LogP contribution in [0.4, 0.5) is 11.4 Å². The lowest BCUT2D eigenvalue weighted by Crippen LogP contribution is -2.37. The number of carbonyl (C=O) groups excluding carboxylic acids is 1. The van der Waals surface area contributed by atoms with Gasteiger partial charge in [-0.05, 0) is 12.1 Å². The number of para-hydroxylation sites is 2. The van der Waals surface area contributed by atoms with E-state index in [1.54, 1.807) is 0 Å². The number of rotatable bonds is 1. The second kappa shape index (κ2) is 2.90. The molecule has 4 heteroatoms. The molecule has 1 aromatic carbocycles. The molecule has 0 saturated carbocycles. The average Bonchev–Trinajstić information content (AvgIpc) is 2.17. The Morgan fingerprint density at radius 1 is 1.46 bits per heavy atom. The van der Waals surface area contributed by atoms with E-state index in [0.29, 0.717) is 0 Å². The summed E-state index contributed by atoms with van der Waals surface area (Å²) in [6, 6.07) is 7.01. The van der Waals surface area contributed by atoms with Gasteiger partial charge in [0.05, 0.1) is 11.4 Å². The fraction of sp³-hybridized carbons (Fsp3) is 0.111. The van der Waals surface area contributed by atoms with Crippen LogP contribution >= 0.6 is 0 Å². The monoisotopic (exact) mass is 175 g/mol. The molecule has 0 spiro atoms. The minimum atomic E-state index is -0.491. The van der Waals surface area contributed by atoms with E-state index < -0.39 is 11.9 Å². The molecule has 1 atom stereocenters. The smallest absolute Gasteiger partial charge is 0.245 e. The van der Waals surface area contributed by atoms with Gasteiger partial charge in [-0.15, -0.1) is 0 Å². The van der Waals surface area contributed by atoms with Gasteiger partial charge in [-0.2, -0.15) is 0 Å². The van der Waals surface area contributed by atoms with Crippen LogP contribution in [0, 0.1) is 0 Å². The van der Waals surface area contributed by atoms with Crippen LogP contribution in [0.25, 0.3) is 0 Å². The van der Waals surface area contributed by atoms with Crippen molar-refractivity contribution in [2.45, 2.75) is 6.04 Å². The molecule has 2 rings (SSSR count). The molecule has 1 aliphatic rings. The molecule has 13 heavy (non-hydrogen) atoms. The van der Waals surface area contributed by atoms with E-state index in [-0.39, 0.29) is 0 Å². The molecular weight excluding hydrogens is 166 g/mol. The van der Waals surface area contributed by atoms with Crippen LogP contribution in [-0.4, -0.2) is 18.2 Å². The maximum Gasteiger partial charge on any atom is 0.245 e. The molecule has 1 aromatic rings. The number of nitrogens with one attached hydrogen (secondary N) is 1. The first kappa shape index (κ1) is 7.79. The standard InChI is InChI=1S/C9H9N3O/c10-9(13)8-5-11-6-3-1-2-4-7(6)12-8/h1-5,8,12H,(H2,10,13). The zero-order valence-corrected chi connectivity index (χ0v) is 6.90. The normalized spacial score (nSPS) is 18.9. The summed E-state index contributed by atoms with van der Waals surface area (Å²) >= 11 is 0. The highest BCUT2D eigenvalue weighted by atomic mass is 16.1. The van der Waals surface area contributed by atoms with Crippen molar-refractivity contribution in [3.63, 3.8) is 0 Å². The van der Waals surface area contributed by atoms with Crippen LogP contribution in [0.15, 0.2) is 29.3 Å². The SMILES string of the molecule is NC(=O)C1C=Nc2ccccc2N1. The second-order valence-corrected chi connectivity index (χ2v) is 2.82. The number of nitrogens with zero attached hydrogens (tertiary/aromatic N) is 1. The summed E-state index contributed by atoms with van der Waals surface area (Å²) < 4.78 is 0. The Morgan fingerprint density at radius 3 is 3.00 bits per heavy atom. The van der Waals surface area contributed by atoms with Crippen LogP contribution in [0.5, 0.6) is 0 Å². The van der Waals surface area contributed by atoms with Gasteiger partial charge in [0.1, 0.15) is 6.04 Å². The number of primary amides is 1. The Morgan fingerprint density at radius 2 is 2.23 bits per heavy atom. The van der Waals surface area contributed by atoms with Crippen LogP contribution in [0.2, 0.25) is 0 Å². The number of benzene rings is 1. The van der Waals surface area contributed by atoms with Gasteiger partial charge in [-0.1, -0.05) is 12.1 Å². The van der Waals surface area contributed by atoms with Gasteiger partial charge in [0.2, 0.25) is 5.91 Å². The fourth-order valence-corrected chi connectivity index (χ4v) is 1.21. The third-order valence-corrected chi connectivity index (χ3v) is 1.88. The largest absolute Gasteiger partial charge is 0.368 e. The van der Waals surface area contributed by atoms with E-state index >= 15 is 0 Å². The van der Waals surface area contributed by atoms with Crippen molar-refractivity contribution in [2.24, 2.45) is 10.7 Å². The summed E-state index contributed by atoms with van der Waals surface area (Å²) in [6.07, 6.45) is 1.52. The summed E-state index contributed by atoms with van der Waals surface area (Å²) in [5.74, 6) is -0.418. The number of fused-ring (bicyclic) bond motifs is 1. The fourth-order valence-electron chi connectivity index (χ4n) is 1.21. The number of aliphatic imine (C=N–C) groups is 1. The quantitative estimate of drug-likeness (QED) is 0.658. The lowest BCUT2D eigenvalue weighted by Gasteiger charge is -2.18. The predicted octanol–water partition coefficient (Wildman–Crippen LogP) is 0.668. The van der Waals surface area contributed by atoms with E-state index in [1.165, 1.54) is 6.21 Å². The average molecular weight is 175 g/mol. The molecule has 66 valence electrons. The van der Waals surface area contributed by atoms with Crippen LogP contribution in [0.1, 0.15) is 0 Å². The zero-order chi connectivity index (χ0) is 9.26. The number of carbonyl (C=O) groups is 1. The highest BCUT2D eigenvalue weighted by molar-refractivity contribution is 6.02. The molecule has 1 heterocycles. The first-order chi connectivity index (χ1) is 6.27. The first-order valence-corrected chi connectivity index (χ1v) is 3.96. The van der Waals surface area contributed by atoms with Crippen LogP contribution in [-0.2, 0) is 4.79 Å². The van der Waals surface area contributed by atoms with Gasteiger partial charge in [0.25, 0.3) is 0 Å². The summed E-state index contributed by atoms with van der Waals surface area (Å²) in [5.41, 5.74) is 6.81. The molecule has 1 unspecified atom stereocenters. The third kappa shape index (κ3) is 1.38. The van der Waals surface area contributed by atoms with Crippen LogP contribution < -0.4 is 11.1 Å². The number of amides is 1. The summed E-state index contributed by atoms with van der Waals surface area (Å²) in [7, 11) is 0. The van der Waals surface area contributed by atoms with E-state index in [4.69, 9.17) is 5.73 Å². The molecule has 0 aliphatic carbocycles. The second-order valence-electron chi connectivity index (χ2n) is 2.82. The van der Waals surface area contributed by atoms with Gasteiger partial charge < -0.3 is 11.1 Å². The molecule has 1 aliphatic heterocycles. The number of anilines is 1. The van der Waals surface area contributed by atoms with Crippen LogP contribution in [0.3, 0.4) is 0 Å². The Balaban J connectivity index is 2.34. The molecular formula is C9H9N3O. The molecule has 4 nitrogen and oxygen atoms in total. The number of hydrogen-bond acceptors (Lipinski definition) is 3. The first-order valence-electron chi connectivity index (χ1n) is 3.96. The van der Waals surface area contributed by atoms with Gasteiger partial charge in [0.15, 0.2) is 0 Å². The van der Waals surface area contributed by atoms with E-state index in [0.717, 1.165) is 11.4 Å². The van der Waals surface area contributed by atoms with Gasteiger partial charge in [0, 0.05) is 6.21 Å². The highest BCUT2D eigenvalue weighted by Crippen LogP contribution is 2.26. The van der Waals surface area contributed by atoms with Crippen molar-refractivity contribution in [2.75, 3.05) is 5.32 Å². The van der Waals surface area contributed by atoms with E-state index in [1.807, 2.05) is 24.3 Å². The maximum atomic E-state index is 10.8. The minimum Gasteiger partial charge on any atom is -0.368 e. The Bertz CT molecular complexity index is 373. The van der Waals surface area contributed by atoms with Crippen molar-refractivity contribution in [1.82, 2.24) is 0 Å². The van der Waals surface area contributed by atoms with Gasteiger partial charge in [-0.25, -0.2) is 0 Å². The van der Waals surface area contributed by atoms with E-state index in [9.17, 15) is 4.79 Å². The molecule has 1 amide bonds. The molecule has 0 radical (unpaired) electrons. The van der Waals surface area contributed by atoms with E-state index in [2.05, 4.69) is 10.3 Å². The topological polar surface area (TPSA) is 67.5 Å². The highest BCUT2D eigenvalue weighted by Gasteiger charge is 2.17. The number of nitrogens with two attached hydrogens (primary N) is 1. The summed E-state index contributed by atoms with van der Waals surface area (Å²) in [5, 5.41) is 2.97. The van der Waals surface area contributed by atoms with Gasteiger partial charge >= 0.3 is 0 Å². The predicted molar refractivity (Wildman–Crippen MR) is 51.2 cm³/mol. The molecule has 0 bridgehead atoms. The lowest BCUT2D eigenvalue weighted by atomic mass is 10.2. The Labute approximate surface area is 75.5 Å². The molecule has 0 aromatic heterocycles. The third-order valence-electron chi connectivity index (χ3n) is 1.88. The van der Waals surface area contributed by atoms with Crippen molar-refractivity contribution < 1.29 is 4.79 Å². The lowest BCUT2D eigenvalue weighted by molar-refractivity contribution is -0.117. The number of hydrogen-bond donors (Lipinski definition) is 2. The van der Waals surface area contributed by atoms with Crippen molar-refractivity contribution in [3.05, 3.63) is 24.3 Å². The Hall–Kier alpha value is -1.84. The minimum absolute atomic E-state index is 0.418. The summed E-state index contributed by atoms with van der Waals surface area (Å²) in [6.45, 7) is 0. The maximum absolute atomic E-state index is 10.8. The molecule has 3 N–H and O–H groups in total. The van der Waals surface area contributed by atoms with Crippen molar-refractivity contribution >= 4 is 23.5 Å². The summed E-state index contributed by atoms with van der Waals surface area (Å²) in [4.78, 5) is 14.9. The van der Waals surface area contributed by atoms with Crippen molar-refractivity contribution in [3.8, 4) is 0 Å². The van der Waals surface area contributed by atoms with Crippen molar-refractivity contribution in [1.29, 1.82) is 0 Å². The zero-order valence-electron chi connectivity index (χ0n) is 6.90. The van der Waals surface area contributed by atoms with Gasteiger partial charge in [-0.3, -0.25) is 9.79 Å². The molecule has 0 saturated heterocycles. The Kier molecular flexibility index (Phi) is 1.73.